The number of carboxylic acids is 1. The van der Waals surface area contributed by atoms with Gasteiger partial charge < -0.3 is 15.0 Å². The van der Waals surface area contributed by atoms with Crippen LogP contribution in [0.4, 0.5) is 0 Å². The third-order valence-corrected chi connectivity index (χ3v) is 6.21. The van der Waals surface area contributed by atoms with E-state index in [0.29, 0.717) is 11.8 Å². The molecule has 0 fully saturated rings. The third-order valence-electron chi connectivity index (χ3n) is 5.99. The van der Waals surface area contributed by atoms with Gasteiger partial charge in [-0.15, -0.1) is 0 Å². The van der Waals surface area contributed by atoms with Gasteiger partial charge in [0, 0.05) is 48.5 Å². The van der Waals surface area contributed by atoms with Crippen LogP contribution in [0.15, 0.2) is 30.5 Å². The molecule has 30 heavy (non-hydrogen) atoms. The number of thiol groups is 1. The number of nitrogens with one attached hydrogen (secondary N) is 1. The van der Waals surface area contributed by atoms with E-state index in [4.69, 9.17) is 5.11 Å². The number of H-pyrrole nitrogens is 1. The molecular weight excluding hydrogens is 398 g/mol. The molecule has 1 aromatic carbocycles. The number of fused-ring (bicyclic) bond motifs is 2. The molecular formula is C23H31N3O3S. The summed E-state index contributed by atoms with van der Waals surface area (Å²) in [5, 5.41) is 9.20. The van der Waals surface area contributed by atoms with Crippen molar-refractivity contribution >= 4 is 41.0 Å². The number of benzene rings is 1. The van der Waals surface area contributed by atoms with Crippen molar-refractivity contribution in [3.63, 3.8) is 0 Å². The van der Waals surface area contributed by atoms with Gasteiger partial charge in [-0.25, -0.2) is 0 Å². The molecule has 1 amide bonds. The van der Waals surface area contributed by atoms with Gasteiger partial charge in [0.1, 0.15) is 0 Å². The van der Waals surface area contributed by atoms with Crippen LogP contribution in [-0.2, 0) is 16.0 Å². The van der Waals surface area contributed by atoms with Crippen molar-refractivity contribution in [1.82, 2.24) is 14.8 Å². The highest BCUT2D eigenvalue weighted by Gasteiger charge is 2.36. The summed E-state index contributed by atoms with van der Waals surface area (Å²) < 4.78 is 0. The summed E-state index contributed by atoms with van der Waals surface area (Å²) in [4.78, 5) is 30.1. The molecule has 2 aliphatic rings. The first kappa shape index (κ1) is 22.4. The number of carbonyl (C=O) groups is 2. The molecule has 0 saturated carbocycles. The van der Waals surface area contributed by atoms with Crippen molar-refractivity contribution in [2.24, 2.45) is 5.92 Å². The van der Waals surface area contributed by atoms with Gasteiger partial charge in [-0.05, 0) is 50.1 Å². The number of aromatic nitrogens is 1. The number of hydrogen-bond acceptors (Lipinski definition) is 4. The molecule has 4 rings (SSSR count). The lowest BCUT2D eigenvalue weighted by Gasteiger charge is -2.40. The van der Waals surface area contributed by atoms with Crippen LogP contribution >= 0.6 is 12.6 Å². The summed E-state index contributed by atoms with van der Waals surface area (Å²) in [6, 6.07) is 6.82. The minimum atomic E-state index is -0.787. The van der Waals surface area contributed by atoms with Crippen LogP contribution in [0.1, 0.15) is 31.4 Å². The largest absolute Gasteiger partial charge is 0.481 e. The van der Waals surface area contributed by atoms with E-state index in [-0.39, 0.29) is 18.2 Å². The molecule has 6 nitrogen and oxygen atoms in total. The Kier molecular flexibility index (Phi) is 7.26. The first-order valence-corrected chi connectivity index (χ1v) is 11.2. The first-order chi connectivity index (χ1) is 14.4. The second kappa shape index (κ2) is 9.71. The van der Waals surface area contributed by atoms with Crippen LogP contribution < -0.4 is 0 Å². The maximum absolute atomic E-state index is 12.9. The molecule has 2 N–H and O–H groups in total. The smallest absolute Gasteiger partial charge is 0.304 e. The average molecular weight is 430 g/mol. The van der Waals surface area contributed by atoms with Gasteiger partial charge in [0.15, 0.2) is 0 Å². The monoisotopic (exact) mass is 429 g/mol. The molecule has 1 aliphatic carbocycles. The Morgan fingerprint density at radius 3 is 2.63 bits per heavy atom. The van der Waals surface area contributed by atoms with E-state index < -0.39 is 5.97 Å². The number of aliphatic carboxylic acids is 1. The maximum atomic E-state index is 12.9. The van der Waals surface area contributed by atoms with Crippen LogP contribution in [0.5, 0.6) is 0 Å². The molecule has 1 aliphatic heterocycles. The molecule has 0 unspecified atom stereocenters. The molecule has 2 heterocycles. The number of carboxylic acid groups (broad SMARTS) is 1. The maximum Gasteiger partial charge on any atom is 0.304 e. The van der Waals surface area contributed by atoms with Crippen molar-refractivity contribution < 1.29 is 14.7 Å². The molecule has 0 bridgehead atoms. The Hall–Kier alpha value is -2.25. The van der Waals surface area contributed by atoms with Crippen LogP contribution in [-0.4, -0.2) is 70.2 Å². The lowest BCUT2D eigenvalue weighted by atomic mass is 9.79. The van der Waals surface area contributed by atoms with Gasteiger partial charge in [-0.1, -0.05) is 18.2 Å². The van der Waals surface area contributed by atoms with E-state index in [1.807, 2.05) is 4.90 Å². The molecule has 0 spiro atoms. The van der Waals surface area contributed by atoms with E-state index in [9.17, 15) is 9.59 Å². The lowest BCUT2D eigenvalue weighted by Crippen LogP contribution is -2.47. The summed E-state index contributed by atoms with van der Waals surface area (Å²) in [6.07, 6.45) is 5.57. The summed E-state index contributed by atoms with van der Waals surface area (Å²) in [5.74, 6) is -0.151. The summed E-state index contributed by atoms with van der Waals surface area (Å²) in [5.41, 5.74) is 5.21. The van der Waals surface area contributed by atoms with Crippen molar-refractivity contribution in [3.05, 3.63) is 41.6 Å². The molecule has 1 aromatic heterocycles. The molecule has 162 valence electrons. The predicted octanol–water partition coefficient (Wildman–Crippen LogP) is 3.30. The topological polar surface area (TPSA) is 76.6 Å². The van der Waals surface area contributed by atoms with E-state index in [1.165, 1.54) is 27.6 Å². The van der Waals surface area contributed by atoms with E-state index in [1.54, 1.807) is 0 Å². The number of hydrogen-bond donors (Lipinski definition) is 3. The number of rotatable bonds is 5. The highest BCUT2D eigenvalue weighted by molar-refractivity contribution is 7.80. The van der Waals surface area contributed by atoms with Gasteiger partial charge in [0.05, 0.1) is 12.3 Å². The normalized spacial score (nSPS) is 20.1. The number of amides is 1. The Morgan fingerprint density at radius 2 is 2.03 bits per heavy atom. The fraction of sp³-hybridized carbons (Fsp3) is 0.478. The number of aromatic amines is 1. The van der Waals surface area contributed by atoms with E-state index >= 15 is 0 Å². The SMILES string of the molecule is CCN(CC)C(=O)[C@@H]1C=C2c3cccc4[nH]cc(c34)C[C@H]2N(C)C1.O=C(O)CCS. The molecule has 2 atom stereocenters. The van der Waals surface area contributed by atoms with Gasteiger partial charge in [0.25, 0.3) is 0 Å². The Morgan fingerprint density at radius 1 is 1.30 bits per heavy atom. The fourth-order valence-corrected chi connectivity index (χ4v) is 4.66. The average Bonchev–Trinajstić information content (AvgIpc) is 3.14. The Balaban J connectivity index is 0.000000377. The summed E-state index contributed by atoms with van der Waals surface area (Å²) in [7, 11) is 2.15. The highest BCUT2D eigenvalue weighted by atomic mass is 32.1. The minimum Gasteiger partial charge on any atom is -0.481 e. The van der Waals surface area contributed by atoms with Gasteiger partial charge in [0.2, 0.25) is 5.91 Å². The second-order valence-corrected chi connectivity index (χ2v) is 8.26. The molecule has 7 heteroatoms. The summed E-state index contributed by atoms with van der Waals surface area (Å²) >= 11 is 3.68. The van der Waals surface area contributed by atoms with Crippen molar-refractivity contribution in [1.29, 1.82) is 0 Å². The lowest BCUT2D eigenvalue weighted by molar-refractivity contribution is -0.136. The zero-order chi connectivity index (χ0) is 21.8. The van der Waals surface area contributed by atoms with E-state index in [2.05, 4.69) is 73.9 Å². The van der Waals surface area contributed by atoms with Crippen LogP contribution in [0, 0.1) is 5.92 Å². The zero-order valence-electron chi connectivity index (χ0n) is 17.9. The molecule has 2 aromatic rings. The predicted molar refractivity (Wildman–Crippen MR) is 124 cm³/mol. The molecule has 0 saturated heterocycles. The van der Waals surface area contributed by atoms with Crippen LogP contribution in [0.25, 0.3) is 16.5 Å². The summed E-state index contributed by atoms with van der Waals surface area (Å²) in [6.45, 7) is 6.47. The minimum absolute atomic E-state index is 0.0445. The van der Waals surface area contributed by atoms with Crippen molar-refractivity contribution in [2.45, 2.75) is 32.7 Å². The Bertz CT molecular complexity index is 948. The second-order valence-electron chi connectivity index (χ2n) is 7.81. The first-order valence-electron chi connectivity index (χ1n) is 10.5. The Labute approximate surface area is 183 Å². The van der Waals surface area contributed by atoms with Crippen molar-refractivity contribution in [3.8, 4) is 0 Å². The standard InChI is InChI=1S/C20H25N3O.C3H6O2S/c1-4-23(5-2)20(24)14-9-16-15-7-6-8-17-19(15)13(11-21-17)10-18(16)22(3)12-14;4-3(5)1-2-6/h6-9,11,14,18,21H,4-5,10,12H2,1-3H3;6H,1-2H2,(H,4,5)/t14-,18-;/m1./s1. The van der Waals surface area contributed by atoms with Crippen molar-refractivity contribution in [2.75, 3.05) is 32.4 Å². The van der Waals surface area contributed by atoms with Crippen LogP contribution in [0.3, 0.4) is 0 Å². The fourth-order valence-electron chi connectivity index (χ4n) is 4.47. The quantitative estimate of drug-likeness (QED) is 0.638. The van der Waals surface area contributed by atoms with Gasteiger partial charge in [-0.2, -0.15) is 12.6 Å². The number of nitrogens with zero attached hydrogens (tertiary/aromatic N) is 2. The van der Waals surface area contributed by atoms with E-state index in [0.717, 1.165) is 26.1 Å². The van der Waals surface area contributed by atoms with Crippen LogP contribution in [0.2, 0.25) is 0 Å². The highest BCUT2D eigenvalue weighted by Crippen LogP contribution is 2.40. The third kappa shape index (κ3) is 4.42. The zero-order valence-corrected chi connectivity index (χ0v) is 18.8. The van der Waals surface area contributed by atoms with Gasteiger partial charge in [-0.3, -0.25) is 14.5 Å². The number of likely N-dealkylation sites (N-methyl/N-ethyl adjacent to an activating group) is 1. The molecule has 0 radical (unpaired) electrons. The van der Waals surface area contributed by atoms with Gasteiger partial charge >= 0.3 is 5.97 Å². The number of carbonyl (C=O) groups excluding carboxylic acids is 1.